The third kappa shape index (κ3) is 4.43. The molecule has 3 N–H and O–H groups in total. The number of benzene rings is 1. The lowest BCUT2D eigenvalue weighted by Crippen LogP contribution is -2.36. The first-order valence-electron chi connectivity index (χ1n) is 7.53. The monoisotopic (exact) mass is 435 g/mol. The maximum Gasteiger partial charge on any atom is 0.230 e. The van der Waals surface area contributed by atoms with Gasteiger partial charge < -0.3 is 11.2 Å². The van der Waals surface area contributed by atoms with Crippen molar-refractivity contribution in [3.8, 4) is 11.4 Å². The van der Waals surface area contributed by atoms with Gasteiger partial charge in [0.05, 0.1) is 22.3 Å². The molecule has 2 aromatic rings. The molecule has 1 amide bonds. The van der Waals surface area contributed by atoms with E-state index in [9.17, 15) is 13.2 Å². The van der Waals surface area contributed by atoms with Crippen LogP contribution in [0.5, 0.6) is 0 Å². The molecule has 3 rings (SSSR count). The number of hydrogen-bond acceptors (Lipinski definition) is 7. The number of amides is 1. The van der Waals surface area contributed by atoms with Crippen molar-refractivity contribution < 1.29 is 13.2 Å². The quantitative estimate of drug-likeness (QED) is 0.537. The largest absolute Gasteiger partial charge is 0.352 e. The topological polar surface area (TPSA) is 120 Å². The molecule has 0 aliphatic carbocycles. The van der Waals surface area contributed by atoms with Gasteiger partial charge in [-0.25, -0.2) is 13.1 Å². The van der Waals surface area contributed by atoms with Crippen LogP contribution < -0.4 is 11.2 Å². The van der Waals surface area contributed by atoms with Gasteiger partial charge in [-0.05, 0) is 24.6 Å². The van der Waals surface area contributed by atoms with E-state index in [1.807, 2.05) is 0 Å². The van der Waals surface area contributed by atoms with Crippen LogP contribution >= 0.6 is 35.0 Å². The predicted octanol–water partition coefficient (Wildman–Crippen LogP) is 1.36. The summed E-state index contributed by atoms with van der Waals surface area (Å²) in [5.41, 5.74) is 0.529. The molecular formula is C14H15Cl2N5O3S2. The number of sulfone groups is 1. The van der Waals surface area contributed by atoms with E-state index in [0.717, 1.165) is 11.8 Å². The molecule has 140 valence electrons. The van der Waals surface area contributed by atoms with E-state index in [2.05, 4.69) is 15.5 Å². The Balaban J connectivity index is 1.64. The van der Waals surface area contributed by atoms with Crippen molar-refractivity contribution in [2.45, 2.75) is 17.6 Å². The van der Waals surface area contributed by atoms with Crippen LogP contribution in [0.3, 0.4) is 0 Å². The zero-order valence-corrected chi connectivity index (χ0v) is 16.5. The second-order valence-corrected chi connectivity index (χ2v) is 9.77. The van der Waals surface area contributed by atoms with Crippen LogP contribution in [0.2, 0.25) is 10.0 Å². The second kappa shape index (κ2) is 7.63. The number of nitrogens with two attached hydrogens (primary N) is 1. The Kier molecular flexibility index (Phi) is 5.66. The third-order valence-corrected chi connectivity index (χ3v) is 7.04. The van der Waals surface area contributed by atoms with Gasteiger partial charge >= 0.3 is 0 Å². The first kappa shape index (κ1) is 19.3. The number of thioether (sulfide) groups is 1. The van der Waals surface area contributed by atoms with E-state index in [1.165, 1.54) is 4.68 Å². The normalized spacial score (nSPS) is 18.8. The zero-order chi connectivity index (χ0) is 18.9. The van der Waals surface area contributed by atoms with Crippen LogP contribution in [0, 0.1) is 0 Å². The van der Waals surface area contributed by atoms with Gasteiger partial charge in [0, 0.05) is 16.6 Å². The van der Waals surface area contributed by atoms with Gasteiger partial charge in [-0.15, -0.1) is 10.2 Å². The first-order valence-corrected chi connectivity index (χ1v) is 11.1. The number of rotatable bonds is 5. The fourth-order valence-electron chi connectivity index (χ4n) is 2.54. The minimum atomic E-state index is -3.04. The van der Waals surface area contributed by atoms with E-state index >= 15 is 0 Å². The molecule has 1 aliphatic heterocycles. The summed E-state index contributed by atoms with van der Waals surface area (Å²) in [7, 11) is -3.04. The van der Waals surface area contributed by atoms with E-state index in [-0.39, 0.29) is 29.2 Å². The molecule has 0 spiro atoms. The van der Waals surface area contributed by atoms with Gasteiger partial charge in [-0.3, -0.25) is 4.79 Å². The van der Waals surface area contributed by atoms with Crippen molar-refractivity contribution in [1.82, 2.24) is 20.2 Å². The molecule has 1 aliphatic rings. The summed E-state index contributed by atoms with van der Waals surface area (Å²) in [5, 5.41) is 11.9. The summed E-state index contributed by atoms with van der Waals surface area (Å²) >= 11 is 13.2. The maximum absolute atomic E-state index is 12.0. The number of carbonyl (C=O) groups excluding carboxylic acids is 1. The molecule has 1 unspecified atom stereocenters. The highest BCUT2D eigenvalue weighted by molar-refractivity contribution is 7.99. The molecule has 26 heavy (non-hydrogen) atoms. The fraction of sp³-hybridized carbons (Fsp3) is 0.357. The molecule has 1 atom stereocenters. The van der Waals surface area contributed by atoms with Crippen LogP contribution in [-0.2, 0) is 14.6 Å². The van der Waals surface area contributed by atoms with Crippen LogP contribution in [0.25, 0.3) is 11.4 Å². The number of carbonyl (C=O) groups is 1. The summed E-state index contributed by atoms with van der Waals surface area (Å²) in [6.07, 6.45) is 0.434. The third-order valence-electron chi connectivity index (χ3n) is 3.76. The Morgan fingerprint density at radius 3 is 2.85 bits per heavy atom. The highest BCUT2D eigenvalue weighted by Gasteiger charge is 2.29. The van der Waals surface area contributed by atoms with Crippen LogP contribution in [-0.4, -0.2) is 52.5 Å². The molecule has 0 radical (unpaired) electrons. The predicted molar refractivity (Wildman–Crippen MR) is 102 cm³/mol. The molecule has 0 saturated carbocycles. The van der Waals surface area contributed by atoms with Crippen molar-refractivity contribution in [3.63, 3.8) is 0 Å². The highest BCUT2D eigenvalue weighted by Crippen LogP contribution is 2.30. The van der Waals surface area contributed by atoms with Crippen molar-refractivity contribution in [1.29, 1.82) is 0 Å². The van der Waals surface area contributed by atoms with Crippen molar-refractivity contribution in [2.75, 3.05) is 23.1 Å². The van der Waals surface area contributed by atoms with Gasteiger partial charge in [0.25, 0.3) is 0 Å². The number of halogens is 2. The van der Waals surface area contributed by atoms with Crippen LogP contribution in [0.1, 0.15) is 6.42 Å². The summed E-state index contributed by atoms with van der Waals surface area (Å²) in [6.45, 7) is 0. The van der Waals surface area contributed by atoms with E-state index < -0.39 is 9.84 Å². The highest BCUT2D eigenvalue weighted by atomic mass is 35.5. The first-order chi connectivity index (χ1) is 12.2. The van der Waals surface area contributed by atoms with Gasteiger partial charge in [-0.1, -0.05) is 35.0 Å². The number of nitrogens with one attached hydrogen (secondary N) is 1. The molecule has 1 aromatic carbocycles. The molecule has 0 bridgehead atoms. The van der Waals surface area contributed by atoms with Gasteiger partial charge in [0.1, 0.15) is 0 Å². The van der Waals surface area contributed by atoms with Gasteiger partial charge in [0.2, 0.25) is 11.1 Å². The summed E-state index contributed by atoms with van der Waals surface area (Å²) < 4.78 is 24.1. The lowest BCUT2D eigenvalue weighted by atomic mass is 10.2. The van der Waals surface area contributed by atoms with Crippen molar-refractivity contribution >= 4 is 50.7 Å². The van der Waals surface area contributed by atoms with Gasteiger partial charge in [0.15, 0.2) is 15.7 Å². The fourth-order valence-corrected chi connectivity index (χ4v) is 5.25. The number of nitrogen functional groups attached to an aromatic ring is 1. The van der Waals surface area contributed by atoms with Crippen LogP contribution in [0.15, 0.2) is 23.4 Å². The minimum absolute atomic E-state index is 0.0199. The smallest absolute Gasteiger partial charge is 0.230 e. The van der Waals surface area contributed by atoms with E-state index in [1.54, 1.807) is 18.2 Å². The lowest BCUT2D eigenvalue weighted by molar-refractivity contribution is -0.119. The van der Waals surface area contributed by atoms with Crippen molar-refractivity contribution in [3.05, 3.63) is 28.2 Å². The maximum atomic E-state index is 12.0. The Labute approximate surface area is 164 Å². The summed E-state index contributed by atoms with van der Waals surface area (Å²) in [6, 6.07) is 4.56. The standard InChI is InChI=1S/C14H15Cl2N5O3S2/c15-8-1-2-11(16)10(5-8)13-19-20-14(21(13)17)25-6-12(22)18-9-3-4-26(23,24)7-9/h1-2,5,9H,3-4,6-7,17H2,(H,18,22). The average Bonchev–Trinajstić information content (AvgIpc) is 3.10. The summed E-state index contributed by atoms with van der Waals surface area (Å²) in [4.78, 5) is 12.0. The Hall–Kier alpha value is -1.49. The lowest BCUT2D eigenvalue weighted by Gasteiger charge is -2.10. The second-order valence-electron chi connectivity index (χ2n) is 5.76. The average molecular weight is 436 g/mol. The van der Waals surface area contributed by atoms with Gasteiger partial charge in [-0.2, -0.15) is 0 Å². The van der Waals surface area contributed by atoms with Crippen LogP contribution in [0.4, 0.5) is 0 Å². The Morgan fingerprint density at radius 2 is 2.15 bits per heavy atom. The van der Waals surface area contributed by atoms with E-state index in [4.69, 9.17) is 29.0 Å². The number of aromatic nitrogens is 3. The minimum Gasteiger partial charge on any atom is -0.352 e. The Bertz CT molecular complexity index is 948. The summed E-state index contributed by atoms with van der Waals surface area (Å²) in [5.74, 6) is 6.15. The van der Waals surface area contributed by atoms with Crippen molar-refractivity contribution in [2.24, 2.45) is 0 Å². The zero-order valence-electron chi connectivity index (χ0n) is 13.4. The Morgan fingerprint density at radius 1 is 1.38 bits per heavy atom. The SMILES string of the molecule is Nn1c(SCC(=O)NC2CCS(=O)(=O)C2)nnc1-c1cc(Cl)ccc1Cl. The number of nitrogens with zero attached hydrogens (tertiary/aromatic N) is 3. The number of hydrogen-bond donors (Lipinski definition) is 2. The molecule has 2 heterocycles. The molecule has 8 nitrogen and oxygen atoms in total. The molecule has 1 aromatic heterocycles. The molecule has 1 saturated heterocycles. The molecule has 1 fully saturated rings. The van der Waals surface area contributed by atoms with E-state index in [0.29, 0.717) is 33.0 Å². The molecule has 12 heteroatoms. The molecular weight excluding hydrogens is 421 g/mol.